The number of ketones is 1. The zero-order valence-corrected chi connectivity index (χ0v) is 18.0. The van der Waals surface area contributed by atoms with Crippen molar-refractivity contribution in [3.05, 3.63) is 57.6 Å². The third-order valence-electron chi connectivity index (χ3n) is 6.37. The molecule has 0 atom stereocenters. The molecule has 9 heteroatoms. The topological polar surface area (TPSA) is 110 Å². The molecule has 3 aromatic rings. The van der Waals surface area contributed by atoms with Gasteiger partial charge in [-0.2, -0.15) is 4.31 Å². The second-order valence-corrected chi connectivity index (χ2v) is 10.3. The molecule has 1 spiro atoms. The van der Waals surface area contributed by atoms with Gasteiger partial charge < -0.3 is 9.15 Å². The van der Waals surface area contributed by atoms with E-state index in [0.717, 1.165) is 11.1 Å². The molecule has 0 bridgehead atoms. The van der Waals surface area contributed by atoms with Gasteiger partial charge in [0, 0.05) is 32.0 Å². The second kappa shape index (κ2) is 6.80. The first-order chi connectivity index (χ1) is 14.7. The summed E-state index contributed by atoms with van der Waals surface area (Å²) in [6.45, 7) is 4.42. The molecule has 0 saturated carbocycles. The average molecular weight is 442 g/mol. The number of hydrogen-bond acceptors (Lipinski definition) is 6. The van der Waals surface area contributed by atoms with Crippen molar-refractivity contribution >= 4 is 26.9 Å². The zero-order valence-electron chi connectivity index (χ0n) is 17.2. The number of ether oxygens (including phenoxy) is 1. The van der Waals surface area contributed by atoms with Crippen LogP contribution in [0, 0.1) is 13.8 Å². The van der Waals surface area contributed by atoms with Crippen LogP contribution in [0.15, 0.2) is 44.4 Å². The van der Waals surface area contributed by atoms with Crippen molar-refractivity contribution in [2.45, 2.75) is 43.6 Å². The molecule has 2 aliphatic heterocycles. The fourth-order valence-corrected chi connectivity index (χ4v) is 5.85. The van der Waals surface area contributed by atoms with Crippen LogP contribution in [0.1, 0.15) is 40.7 Å². The monoisotopic (exact) mass is 442 g/mol. The van der Waals surface area contributed by atoms with Gasteiger partial charge in [-0.15, -0.1) is 0 Å². The molecular formula is C22H22N2O6S. The summed E-state index contributed by atoms with van der Waals surface area (Å²) < 4.78 is 39.0. The van der Waals surface area contributed by atoms with E-state index < -0.39 is 21.4 Å². The third-order valence-corrected chi connectivity index (χ3v) is 8.26. The highest BCUT2D eigenvalue weighted by Crippen LogP contribution is 2.41. The predicted molar refractivity (Wildman–Crippen MR) is 113 cm³/mol. The number of aromatic amines is 1. The number of Topliss-reactive ketones (excluding diaryl/α,β-unsaturated/α-hetero) is 1. The van der Waals surface area contributed by atoms with E-state index in [4.69, 9.17) is 9.15 Å². The first-order valence-electron chi connectivity index (χ1n) is 10.1. The van der Waals surface area contributed by atoms with Crippen molar-refractivity contribution in [3.63, 3.8) is 0 Å². The summed E-state index contributed by atoms with van der Waals surface area (Å²) in [5.41, 5.74) is 2.65. The Morgan fingerprint density at radius 1 is 1.03 bits per heavy atom. The van der Waals surface area contributed by atoms with Crippen LogP contribution in [0.4, 0.5) is 0 Å². The maximum Gasteiger partial charge on any atom is 0.417 e. The van der Waals surface area contributed by atoms with E-state index in [1.54, 1.807) is 0 Å². The van der Waals surface area contributed by atoms with Crippen LogP contribution in [0.2, 0.25) is 0 Å². The largest absolute Gasteiger partial charge is 0.486 e. The Hall–Kier alpha value is -2.91. The molecule has 31 heavy (non-hydrogen) atoms. The van der Waals surface area contributed by atoms with Crippen molar-refractivity contribution in [3.8, 4) is 5.75 Å². The van der Waals surface area contributed by atoms with Crippen LogP contribution >= 0.6 is 0 Å². The molecule has 3 heterocycles. The minimum absolute atomic E-state index is 0.0357. The number of fused-ring (bicyclic) bond motifs is 2. The molecule has 1 saturated heterocycles. The number of aromatic nitrogens is 1. The van der Waals surface area contributed by atoms with Gasteiger partial charge in [0.2, 0.25) is 10.0 Å². The van der Waals surface area contributed by atoms with Crippen molar-refractivity contribution in [1.29, 1.82) is 0 Å². The number of benzene rings is 2. The van der Waals surface area contributed by atoms with Crippen LogP contribution in [-0.4, -0.2) is 42.2 Å². The summed E-state index contributed by atoms with van der Waals surface area (Å²) in [6, 6.07) is 8.09. The van der Waals surface area contributed by atoms with Gasteiger partial charge in [0.25, 0.3) is 0 Å². The van der Waals surface area contributed by atoms with Gasteiger partial charge in [0.15, 0.2) is 11.4 Å². The Kier molecular flexibility index (Phi) is 4.39. The predicted octanol–water partition coefficient (Wildman–Crippen LogP) is 2.93. The number of rotatable bonds is 2. The number of aryl methyl sites for hydroxylation is 2. The van der Waals surface area contributed by atoms with E-state index in [9.17, 15) is 18.0 Å². The minimum Gasteiger partial charge on any atom is -0.486 e. The van der Waals surface area contributed by atoms with E-state index in [1.807, 2.05) is 26.0 Å². The summed E-state index contributed by atoms with van der Waals surface area (Å²) in [4.78, 5) is 26.7. The second-order valence-electron chi connectivity index (χ2n) is 8.39. The molecule has 0 amide bonds. The van der Waals surface area contributed by atoms with E-state index in [0.29, 0.717) is 29.7 Å². The number of sulfonamides is 1. The van der Waals surface area contributed by atoms with Crippen molar-refractivity contribution in [2.75, 3.05) is 13.1 Å². The number of carbonyl (C=O) groups is 1. The molecule has 162 valence electrons. The fourth-order valence-electron chi connectivity index (χ4n) is 4.40. The first-order valence-corrected chi connectivity index (χ1v) is 11.6. The highest BCUT2D eigenvalue weighted by molar-refractivity contribution is 7.89. The normalized spacial score (nSPS) is 18.8. The lowest BCUT2D eigenvalue weighted by Gasteiger charge is -2.43. The van der Waals surface area contributed by atoms with Gasteiger partial charge in [-0.05, 0) is 49.2 Å². The molecule has 2 aromatic carbocycles. The molecule has 1 aromatic heterocycles. The number of carbonyl (C=O) groups excluding carboxylic acids is 1. The first kappa shape index (κ1) is 20.0. The van der Waals surface area contributed by atoms with E-state index in [2.05, 4.69) is 4.98 Å². The van der Waals surface area contributed by atoms with E-state index >= 15 is 0 Å². The molecule has 0 radical (unpaired) electrons. The Balaban J connectivity index is 1.38. The Bertz CT molecular complexity index is 1380. The molecule has 1 fully saturated rings. The average Bonchev–Trinajstić information content (AvgIpc) is 3.09. The molecular weight excluding hydrogens is 420 g/mol. The smallest absolute Gasteiger partial charge is 0.417 e. The van der Waals surface area contributed by atoms with Gasteiger partial charge in [-0.1, -0.05) is 0 Å². The van der Waals surface area contributed by atoms with Crippen LogP contribution in [-0.2, 0) is 10.0 Å². The third kappa shape index (κ3) is 3.28. The maximum absolute atomic E-state index is 13.1. The lowest BCUT2D eigenvalue weighted by atomic mass is 9.82. The number of hydrogen-bond donors (Lipinski definition) is 1. The standard InChI is InChI=1S/C22H22N2O6S/c1-13-9-16-18(25)12-22(30-19(16)10-14(13)2)5-7-24(8-6-22)31(27,28)15-3-4-17-20(11-15)29-21(26)23-17/h3-4,9-11H,5-8,12H2,1-2H3,(H,23,26). The van der Waals surface area contributed by atoms with E-state index in [-0.39, 0.29) is 35.8 Å². The van der Waals surface area contributed by atoms with Gasteiger partial charge in [-0.3, -0.25) is 9.78 Å². The highest BCUT2D eigenvalue weighted by Gasteiger charge is 2.45. The molecule has 5 rings (SSSR count). The molecule has 8 nitrogen and oxygen atoms in total. The van der Waals surface area contributed by atoms with Crippen molar-refractivity contribution < 1.29 is 22.4 Å². The molecule has 0 aliphatic carbocycles. The Morgan fingerprint density at radius 2 is 1.74 bits per heavy atom. The Morgan fingerprint density at radius 3 is 2.48 bits per heavy atom. The SMILES string of the molecule is Cc1cc2c(cc1C)C(=O)CC1(CCN(S(=O)(=O)c3ccc4[nH]c(=O)oc4c3)CC1)O2. The van der Waals surface area contributed by atoms with E-state index in [1.165, 1.54) is 22.5 Å². The number of H-pyrrole nitrogens is 1. The Labute approximate surface area is 178 Å². The fraction of sp³-hybridized carbons (Fsp3) is 0.364. The minimum atomic E-state index is -3.77. The number of oxazole rings is 1. The van der Waals surface area contributed by atoms with Crippen LogP contribution in [0.3, 0.4) is 0 Å². The lowest BCUT2D eigenvalue weighted by Crippen LogP contribution is -2.52. The maximum atomic E-state index is 13.1. The van der Waals surface area contributed by atoms with Crippen LogP contribution < -0.4 is 10.5 Å². The van der Waals surface area contributed by atoms with Crippen LogP contribution in [0.5, 0.6) is 5.75 Å². The van der Waals surface area contributed by atoms with Crippen LogP contribution in [0.25, 0.3) is 11.1 Å². The highest BCUT2D eigenvalue weighted by atomic mass is 32.2. The summed E-state index contributed by atoms with van der Waals surface area (Å²) in [7, 11) is -3.77. The summed E-state index contributed by atoms with van der Waals surface area (Å²) >= 11 is 0. The number of nitrogens with zero attached hydrogens (tertiary/aromatic N) is 1. The number of nitrogens with one attached hydrogen (secondary N) is 1. The van der Waals surface area contributed by atoms with Gasteiger partial charge in [0.1, 0.15) is 11.4 Å². The quantitative estimate of drug-likeness (QED) is 0.654. The number of piperidine rings is 1. The van der Waals surface area contributed by atoms with Crippen molar-refractivity contribution in [2.24, 2.45) is 0 Å². The zero-order chi connectivity index (χ0) is 22.0. The summed E-state index contributed by atoms with van der Waals surface area (Å²) in [5.74, 6) is -0.00789. The lowest BCUT2D eigenvalue weighted by molar-refractivity contribution is 0.00585. The van der Waals surface area contributed by atoms with Crippen molar-refractivity contribution in [1.82, 2.24) is 9.29 Å². The molecule has 0 unspecified atom stereocenters. The van der Waals surface area contributed by atoms with Gasteiger partial charge in [-0.25, -0.2) is 13.2 Å². The summed E-state index contributed by atoms with van der Waals surface area (Å²) in [6.07, 6.45) is 1.09. The van der Waals surface area contributed by atoms with Gasteiger partial charge in [0.05, 0.1) is 22.4 Å². The molecule has 2 aliphatic rings. The summed E-state index contributed by atoms with van der Waals surface area (Å²) in [5, 5.41) is 0. The molecule has 1 N–H and O–H groups in total. The van der Waals surface area contributed by atoms with Gasteiger partial charge >= 0.3 is 5.76 Å².